The average molecular weight is 252 g/mol. The Morgan fingerprint density at radius 2 is 2.06 bits per heavy atom. The summed E-state index contributed by atoms with van der Waals surface area (Å²) >= 11 is 0. The first-order valence-corrected chi connectivity index (χ1v) is 6.58. The first-order chi connectivity index (χ1) is 8.54. The summed E-state index contributed by atoms with van der Waals surface area (Å²) in [6, 6.07) is 1.97. The highest BCUT2D eigenvalue weighted by Gasteiger charge is 2.17. The predicted octanol–water partition coefficient (Wildman–Crippen LogP) is 1.62. The molecule has 0 fully saturated rings. The Morgan fingerprint density at radius 3 is 2.50 bits per heavy atom. The molecule has 102 valence electrons. The fraction of sp³-hybridized carbons (Fsp3) is 0.643. The molecule has 1 heterocycles. The van der Waals surface area contributed by atoms with Gasteiger partial charge in [0.1, 0.15) is 0 Å². The smallest absolute Gasteiger partial charge is 0.178 e. The minimum atomic E-state index is 0.0924. The molecule has 4 nitrogen and oxygen atoms in total. The van der Waals surface area contributed by atoms with Gasteiger partial charge in [-0.2, -0.15) is 0 Å². The van der Waals surface area contributed by atoms with Crippen LogP contribution in [0.25, 0.3) is 0 Å². The Kier molecular flexibility index (Phi) is 5.56. The summed E-state index contributed by atoms with van der Waals surface area (Å²) in [6.45, 7) is 10.8. The van der Waals surface area contributed by atoms with Gasteiger partial charge in [0.15, 0.2) is 5.78 Å². The van der Waals surface area contributed by atoms with E-state index in [2.05, 4.69) is 11.5 Å². The van der Waals surface area contributed by atoms with Crippen LogP contribution in [0.5, 0.6) is 0 Å². The van der Waals surface area contributed by atoms with E-state index in [1.165, 1.54) is 0 Å². The molecule has 1 aromatic rings. The zero-order valence-corrected chi connectivity index (χ0v) is 11.9. The SMILES string of the molecule is CCN(CCO)CC(=O)c1cc(C)n(CC)c1C. The Balaban J connectivity index is 2.84. The van der Waals surface area contributed by atoms with E-state index in [1.54, 1.807) is 0 Å². The van der Waals surface area contributed by atoms with Crippen molar-refractivity contribution in [3.05, 3.63) is 23.0 Å². The van der Waals surface area contributed by atoms with Crippen molar-refractivity contribution >= 4 is 5.78 Å². The molecule has 4 heteroatoms. The Hall–Kier alpha value is -1.13. The van der Waals surface area contributed by atoms with Crippen molar-refractivity contribution < 1.29 is 9.90 Å². The standard InChI is InChI=1S/C14H24N2O2/c1-5-15(7-8-17)10-14(18)13-9-11(3)16(6-2)12(13)4/h9,17H,5-8,10H2,1-4H3. The second-order valence-corrected chi connectivity index (χ2v) is 4.54. The second kappa shape index (κ2) is 6.71. The number of hydrogen-bond donors (Lipinski definition) is 1. The summed E-state index contributed by atoms with van der Waals surface area (Å²) in [6.07, 6.45) is 0. The lowest BCUT2D eigenvalue weighted by molar-refractivity contribution is 0.0919. The number of carbonyl (C=O) groups excluding carboxylic acids is 1. The fourth-order valence-corrected chi connectivity index (χ4v) is 2.35. The zero-order valence-electron chi connectivity index (χ0n) is 11.9. The van der Waals surface area contributed by atoms with Gasteiger partial charge in [-0.15, -0.1) is 0 Å². The normalized spacial score (nSPS) is 11.2. The summed E-state index contributed by atoms with van der Waals surface area (Å²) in [4.78, 5) is 14.2. The molecule has 0 atom stereocenters. The van der Waals surface area contributed by atoms with Crippen LogP contribution in [0, 0.1) is 13.8 Å². The molecule has 18 heavy (non-hydrogen) atoms. The van der Waals surface area contributed by atoms with E-state index in [0.717, 1.165) is 30.0 Å². The average Bonchev–Trinajstić information content (AvgIpc) is 2.63. The van der Waals surface area contributed by atoms with Gasteiger partial charge >= 0.3 is 0 Å². The number of likely N-dealkylation sites (N-methyl/N-ethyl adjacent to an activating group) is 1. The molecule has 0 aliphatic rings. The lowest BCUT2D eigenvalue weighted by Crippen LogP contribution is -2.32. The van der Waals surface area contributed by atoms with Gasteiger partial charge in [-0.1, -0.05) is 6.92 Å². The molecule has 1 aromatic heterocycles. The molecule has 0 aliphatic carbocycles. The molecule has 0 saturated carbocycles. The van der Waals surface area contributed by atoms with E-state index >= 15 is 0 Å². The first kappa shape index (κ1) is 14.9. The van der Waals surface area contributed by atoms with E-state index in [1.807, 2.05) is 31.7 Å². The highest BCUT2D eigenvalue weighted by molar-refractivity contribution is 5.99. The number of rotatable bonds is 7. The van der Waals surface area contributed by atoms with Crippen molar-refractivity contribution in [3.8, 4) is 0 Å². The van der Waals surface area contributed by atoms with Crippen LogP contribution in [0.3, 0.4) is 0 Å². The number of carbonyl (C=O) groups is 1. The van der Waals surface area contributed by atoms with Crippen molar-refractivity contribution in [1.29, 1.82) is 0 Å². The number of nitrogens with zero attached hydrogens (tertiary/aromatic N) is 2. The third-order valence-electron chi connectivity index (χ3n) is 3.42. The van der Waals surface area contributed by atoms with Gasteiger partial charge in [-0.25, -0.2) is 0 Å². The van der Waals surface area contributed by atoms with E-state index in [9.17, 15) is 4.79 Å². The third-order valence-corrected chi connectivity index (χ3v) is 3.42. The number of Topliss-reactive ketones (excluding diaryl/α,β-unsaturated/α-hetero) is 1. The molecule has 0 saturated heterocycles. The van der Waals surface area contributed by atoms with Gasteiger partial charge in [0.25, 0.3) is 0 Å². The van der Waals surface area contributed by atoms with E-state index < -0.39 is 0 Å². The molecule has 0 amide bonds. The Labute approximate surface area is 109 Å². The maximum Gasteiger partial charge on any atom is 0.178 e. The van der Waals surface area contributed by atoms with E-state index in [4.69, 9.17) is 5.11 Å². The zero-order chi connectivity index (χ0) is 13.7. The molecule has 0 aromatic carbocycles. The summed E-state index contributed by atoms with van der Waals surface area (Å²) in [5, 5.41) is 8.94. The van der Waals surface area contributed by atoms with Crippen LogP contribution >= 0.6 is 0 Å². The van der Waals surface area contributed by atoms with Crippen LogP contribution in [0.15, 0.2) is 6.07 Å². The number of aromatic nitrogens is 1. The maximum atomic E-state index is 12.3. The van der Waals surface area contributed by atoms with Crippen LogP contribution in [-0.4, -0.2) is 46.6 Å². The van der Waals surface area contributed by atoms with Crippen LogP contribution in [-0.2, 0) is 6.54 Å². The maximum absolute atomic E-state index is 12.3. The molecule has 1 N–H and O–H groups in total. The quantitative estimate of drug-likeness (QED) is 0.750. The number of ketones is 1. The van der Waals surface area contributed by atoms with Crippen LogP contribution < -0.4 is 0 Å². The summed E-state index contributed by atoms with van der Waals surface area (Å²) < 4.78 is 2.15. The van der Waals surface area contributed by atoms with Crippen molar-refractivity contribution in [2.45, 2.75) is 34.2 Å². The molecule has 0 unspecified atom stereocenters. The van der Waals surface area contributed by atoms with Gasteiger partial charge in [0.2, 0.25) is 0 Å². The van der Waals surface area contributed by atoms with E-state index in [0.29, 0.717) is 13.1 Å². The van der Waals surface area contributed by atoms with Gasteiger partial charge in [-0.3, -0.25) is 9.69 Å². The molecule has 0 radical (unpaired) electrons. The first-order valence-electron chi connectivity index (χ1n) is 6.58. The van der Waals surface area contributed by atoms with Crippen molar-refractivity contribution in [2.75, 3.05) is 26.2 Å². The predicted molar refractivity (Wildman–Crippen MR) is 73.1 cm³/mol. The minimum Gasteiger partial charge on any atom is -0.395 e. The highest BCUT2D eigenvalue weighted by Crippen LogP contribution is 2.16. The highest BCUT2D eigenvalue weighted by atomic mass is 16.3. The van der Waals surface area contributed by atoms with Crippen LogP contribution in [0.2, 0.25) is 0 Å². The molecule has 0 spiro atoms. The number of hydrogen-bond acceptors (Lipinski definition) is 3. The second-order valence-electron chi connectivity index (χ2n) is 4.54. The minimum absolute atomic E-state index is 0.0924. The summed E-state index contributed by atoms with van der Waals surface area (Å²) in [7, 11) is 0. The number of aliphatic hydroxyl groups is 1. The molecule has 0 bridgehead atoms. The Morgan fingerprint density at radius 1 is 1.39 bits per heavy atom. The van der Waals surface area contributed by atoms with Gasteiger partial charge in [0, 0.05) is 30.0 Å². The summed E-state index contributed by atoms with van der Waals surface area (Å²) in [5.74, 6) is 0.137. The van der Waals surface area contributed by atoms with Gasteiger partial charge < -0.3 is 9.67 Å². The van der Waals surface area contributed by atoms with Crippen molar-refractivity contribution in [2.24, 2.45) is 0 Å². The van der Waals surface area contributed by atoms with Crippen molar-refractivity contribution in [1.82, 2.24) is 9.47 Å². The monoisotopic (exact) mass is 252 g/mol. The summed E-state index contributed by atoms with van der Waals surface area (Å²) in [5.41, 5.74) is 2.98. The lowest BCUT2D eigenvalue weighted by Gasteiger charge is -2.17. The largest absolute Gasteiger partial charge is 0.395 e. The number of aryl methyl sites for hydroxylation is 1. The molecule has 0 aliphatic heterocycles. The lowest BCUT2D eigenvalue weighted by atomic mass is 10.1. The van der Waals surface area contributed by atoms with Crippen molar-refractivity contribution in [3.63, 3.8) is 0 Å². The van der Waals surface area contributed by atoms with Crippen LogP contribution in [0.1, 0.15) is 35.6 Å². The van der Waals surface area contributed by atoms with Gasteiger partial charge in [0.05, 0.1) is 13.2 Å². The topological polar surface area (TPSA) is 45.5 Å². The third kappa shape index (κ3) is 3.21. The van der Waals surface area contributed by atoms with Gasteiger partial charge in [-0.05, 0) is 33.4 Å². The molecular weight excluding hydrogens is 228 g/mol. The fourth-order valence-electron chi connectivity index (χ4n) is 2.35. The molecule has 1 rings (SSSR count). The van der Waals surface area contributed by atoms with Crippen LogP contribution in [0.4, 0.5) is 0 Å². The Bertz CT molecular complexity index is 410. The van der Waals surface area contributed by atoms with E-state index in [-0.39, 0.29) is 12.4 Å². The molecular formula is C14H24N2O2. The number of aliphatic hydroxyl groups excluding tert-OH is 1.